The van der Waals surface area contributed by atoms with Crippen molar-refractivity contribution < 1.29 is 14.3 Å². The van der Waals surface area contributed by atoms with E-state index in [9.17, 15) is 9.59 Å². The third-order valence-electron chi connectivity index (χ3n) is 3.68. The van der Waals surface area contributed by atoms with E-state index in [-0.39, 0.29) is 17.5 Å². The number of rotatable bonds is 6. The fourth-order valence-corrected chi connectivity index (χ4v) is 3.02. The lowest BCUT2D eigenvalue weighted by molar-refractivity contribution is -0.111. The molecule has 0 fully saturated rings. The summed E-state index contributed by atoms with van der Waals surface area (Å²) < 4.78 is 5.72. The molecule has 0 bridgehead atoms. The average Bonchev–Trinajstić information content (AvgIpc) is 3.21. The molecule has 0 radical (unpaired) electrons. The molecule has 2 amide bonds. The lowest BCUT2D eigenvalue weighted by Crippen LogP contribution is -2.18. The van der Waals surface area contributed by atoms with Gasteiger partial charge < -0.3 is 15.4 Å². The minimum absolute atomic E-state index is 0.258. The smallest absolute Gasteiger partial charge is 0.269 e. The summed E-state index contributed by atoms with van der Waals surface area (Å²) in [6.45, 7) is 0. The van der Waals surface area contributed by atoms with Crippen LogP contribution in [0.15, 0.2) is 60.8 Å². The fraction of sp³-hybridized carbons (Fsp3) is 0.0476. The number of thiophene rings is 1. The Balaban J connectivity index is 1.59. The molecule has 0 atom stereocenters. The molecule has 1 aromatic carbocycles. The topological polar surface area (TPSA) is 104 Å². The first-order chi connectivity index (χ1) is 14.1. The molecular weight excluding hydrogens is 388 g/mol. The van der Waals surface area contributed by atoms with E-state index >= 15 is 0 Å². The number of hydrogen-bond donors (Lipinski definition) is 2. The van der Waals surface area contributed by atoms with Gasteiger partial charge in [-0.2, -0.15) is 5.26 Å². The van der Waals surface area contributed by atoms with Crippen LogP contribution in [0.5, 0.6) is 11.5 Å². The summed E-state index contributed by atoms with van der Waals surface area (Å²) in [5.74, 6) is 0.448. The molecule has 7 nitrogen and oxygen atoms in total. The van der Waals surface area contributed by atoms with Crippen LogP contribution in [-0.4, -0.2) is 23.8 Å². The zero-order valence-electron chi connectivity index (χ0n) is 15.4. The second-order valence-electron chi connectivity index (χ2n) is 5.72. The zero-order chi connectivity index (χ0) is 20.6. The lowest BCUT2D eigenvalue weighted by atomic mass is 10.3. The van der Waals surface area contributed by atoms with Crippen LogP contribution in [0.3, 0.4) is 0 Å². The number of benzene rings is 1. The third-order valence-corrected chi connectivity index (χ3v) is 4.64. The van der Waals surface area contributed by atoms with Gasteiger partial charge in [0.15, 0.2) is 0 Å². The predicted octanol–water partition coefficient (Wildman–Crippen LogP) is 3.82. The molecule has 3 rings (SSSR count). The molecule has 144 valence electrons. The van der Waals surface area contributed by atoms with Gasteiger partial charge in [0, 0.05) is 36.0 Å². The molecule has 0 spiro atoms. The Morgan fingerprint density at radius 2 is 1.93 bits per heavy atom. The number of ether oxygens (including phenoxy) is 1. The predicted molar refractivity (Wildman–Crippen MR) is 111 cm³/mol. The van der Waals surface area contributed by atoms with Crippen molar-refractivity contribution in [2.75, 3.05) is 12.4 Å². The second kappa shape index (κ2) is 9.30. The van der Waals surface area contributed by atoms with Gasteiger partial charge in [-0.1, -0.05) is 0 Å². The SMILES string of the molecule is CNC(=O)c1cc(Oc2ccc(NC(=O)/C=C/c3ccc(C#N)s3)cc2)ccn1. The Morgan fingerprint density at radius 3 is 2.62 bits per heavy atom. The van der Waals surface area contributed by atoms with Crippen LogP contribution in [0, 0.1) is 11.3 Å². The summed E-state index contributed by atoms with van der Waals surface area (Å²) in [4.78, 5) is 29.1. The van der Waals surface area contributed by atoms with Crippen LogP contribution in [0.25, 0.3) is 6.08 Å². The van der Waals surface area contributed by atoms with Crippen molar-refractivity contribution in [1.82, 2.24) is 10.3 Å². The Hall–Kier alpha value is -3.96. The number of pyridine rings is 1. The molecular formula is C21H16N4O3S. The van der Waals surface area contributed by atoms with Crippen LogP contribution >= 0.6 is 11.3 Å². The first kappa shape index (κ1) is 19.8. The summed E-state index contributed by atoms with van der Waals surface area (Å²) >= 11 is 1.31. The van der Waals surface area contributed by atoms with E-state index in [2.05, 4.69) is 21.7 Å². The normalized spacial score (nSPS) is 10.3. The van der Waals surface area contributed by atoms with Crippen molar-refractivity contribution in [3.8, 4) is 17.6 Å². The molecule has 0 aliphatic carbocycles. The van der Waals surface area contributed by atoms with Crippen molar-refractivity contribution in [1.29, 1.82) is 5.26 Å². The number of carbonyl (C=O) groups excluding carboxylic acids is 2. The zero-order valence-corrected chi connectivity index (χ0v) is 16.2. The van der Waals surface area contributed by atoms with Crippen molar-refractivity contribution in [2.24, 2.45) is 0 Å². The Kier molecular flexibility index (Phi) is 6.35. The molecule has 0 saturated carbocycles. The molecule has 0 saturated heterocycles. The van der Waals surface area contributed by atoms with Crippen LogP contribution < -0.4 is 15.4 Å². The highest BCUT2D eigenvalue weighted by molar-refractivity contribution is 7.13. The molecule has 0 unspecified atom stereocenters. The van der Waals surface area contributed by atoms with Crippen molar-refractivity contribution in [3.63, 3.8) is 0 Å². The largest absolute Gasteiger partial charge is 0.457 e. The number of anilines is 1. The number of nitrogens with one attached hydrogen (secondary N) is 2. The Morgan fingerprint density at radius 1 is 1.14 bits per heavy atom. The van der Waals surface area contributed by atoms with Crippen molar-refractivity contribution in [3.05, 3.63) is 76.3 Å². The van der Waals surface area contributed by atoms with E-state index < -0.39 is 0 Å². The highest BCUT2D eigenvalue weighted by atomic mass is 32.1. The maximum Gasteiger partial charge on any atom is 0.269 e. The third kappa shape index (κ3) is 5.51. The number of aromatic nitrogens is 1. The number of amides is 2. The maximum atomic E-state index is 12.0. The van der Waals surface area contributed by atoms with Crippen LogP contribution in [-0.2, 0) is 4.79 Å². The van der Waals surface area contributed by atoms with Gasteiger partial charge in [-0.3, -0.25) is 14.6 Å². The van der Waals surface area contributed by atoms with E-state index in [1.54, 1.807) is 54.6 Å². The Bertz CT molecular complexity index is 1100. The van der Waals surface area contributed by atoms with E-state index in [1.807, 2.05) is 0 Å². The number of nitriles is 1. The first-order valence-electron chi connectivity index (χ1n) is 8.52. The van der Waals surface area contributed by atoms with Gasteiger partial charge in [0.05, 0.1) is 0 Å². The van der Waals surface area contributed by atoms with Crippen LogP contribution in [0.2, 0.25) is 0 Å². The molecule has 29 heavy (non-hydrogen) atoms. The number of carbonyl (C=O) groups is 2. The summed E-state index contributed by atoms with van der Waals surface area (Å²) in [5, 5.41) is 14.1. The Labute approximate surface area is 171 Å². The van der Waals surface area contributed by atoms with Gasteiger partial charge in [-0.25, -0.2) is 0 Å². The fourth-order valence-electron chi connectivity index (χ4n) is 2.31. The standard InChI is InChI=1S/C21H16N4O3S/c1-23-21(27)19-12-16(10-11-24-19)28-15-4-2-14(3-5-15)25-20(26)9-8-17-6-7-18(13-22)29-17/h2-12H,1H3,(H,23,27)(H,25,26)/b9-8+. The second-order valence-corrected chi connectivity index (χ2v) is 6.83. The van der Waals surface area contributed by atoms with Gasteiger partial charge in [0.1, 0.15) is 28.1 Å². The number of nitrogens with zero attached hydrogens (tertiary/aromatic N) is 2. The van der Waals surface area contributed by atoms with Crippen molar-refractivity contribution >= 4 is 34.9 Å². The molecule has 2 heterocycles. The molecule has 0 aliphatic heterocycles. The minimum Gasteiger partial charge on any atom is -0.457 e. The summed E-state index contributed by atoms with van der Waals surface area (Å²) in [6, 6.07) is 15.6. The quantitative estimate of drug-likeness (QED) is 0.608. The highest BCUT2D eigenvalue weighted by Crippen LogP contribution is 2.23. The summed E-state index contributed by atoms with van der Waals surface area (Å²) in [7, 11) is 1.53. The monoisotopic (exact) mass is 404 g/mol. The van der Waals surface area contributed by atoms with Crippen LogP contribution in [0.4, 0.5) is 5.69 Å². The molecule has 2 N–H and O–H groups in total. The van der Waals surface area contributed by atoms with E-state index in [0.29, 0.717) is 22.1 Å². The van der Waals surface area contributed by atoms with E-state index in [0.717, 1.165) is 4.88 Å². The lowest BCUT2D eigenvalue weighted by Gasteiger charge is -2.08. The highest BCUT2D eigenvalue weighted by Gasteiger charge is 2.07. The van der Waals surface area contributed by atoms with Gasteiger partial charge in [0.25, 0.3) is 5.91 Å². The number of hydrogen-bond acceptors (Lipinski definition) is 6. The minimum atomic E-state index is -0.298. The molecule has 3 aromatic rings. The van der Waals surface area contributed by atoms with Crippen molar-refractivity contribution in [2.45, 2.75) is 0 Å². The van der Waals surface area contributed by atoms with Gasteiger partial charge in [-0.15, -0.1) is 11.3 Å². The first-order valence-corrected chi connectivity index (χ1v) is 9.34. The molecule has 0 aliphatic rings. The van der Waals surface area contributed by atoms with E-state index in [1.165, 1.54) is 30.7 Å². The average molecular weight is 404 g/mol. The van der Waals surface area contributed by atoms with Gasteiger partial charge in [-0.05, 0) is 48.5 Å². The van der Waals surface area contributed by atoms with E-state index in [4.69, 9.17) is 10.00 Å². The maximum absolute atomic E-state index is 12.0. The van der Waals surface area contributed by atoms with Gasteiger partial charge in [0.2, 0.25) is 5.91 Å². The molecule has 8 heteroatoms. The molecule has 2 aromatic heterocycles. The summed E-state index contributed by atoms with van der Waals surface area (Å²) in [5.41, 5.74) is 0.866. The van der Waals surface area contributed by atoms with Gasteiger partial charge >= 0.3 is 0 Å². The summed E-state index contributed by atoms with van der Waals surface area (Å²) in [6.07, 6.45) is 4.56. The van der Waals surface area contributed by atoms with Crippen LogP contribution in [0.1, 0.15) is 20.2 Å².